The predicted molar refractivity (Wildman–Crippen MR) is 85.6 cm³/mol. The van der Waals surface area contributed by atoms with Gasteiger partial charge in [-0.3, -0.25) is 0 Å². The molecular weight excluding hydrogens is 264 g/mol. The molecule has 2 amide bonds. The average molecular weight is 290 g/mol. The SMILES string of the molecule is CCC1(CO)CCN(C(=O)Nc2cccc(C)c2C)CC1. The Morgan fingerprint density at radius 1 is 1.33 bits per heavy atom. The van der Waals surface area contributed by atoms with Gasteiger partial charge in [-0.15, -0.1) is 0 Å². The summed E-state index contributed by atoms with van der Waals surface area (Å²) < 4.78 is 0. The van der Waals surface area contributed by atoms with E-state index in [0.29, 0.717) is 13.1 Å². The second-order valence-electron chi connectivity index (χ2n) is 6.18. The van der Waals surface area contributed by atoms with Crippen LogP contribution in [0, 0.1) is 19.3 Å². The molecule has 1 aromatic rings. The first-order valence-corrected chi connectivity index (χ1v) is 7.74. The lowest BCUT2D eigenvalue weighted by Crippen LogP contribution is -2.46. The molecule has 0 bridgehead atoms. The van der Waals surface area contributed by atoms with E-state index in [9.17, 15) is 9.90 Å². The van der Waals surface area contributed by atoms with Crippen LogP contribution in [0.4, 0.5) is 10.5 Å². The van der Waals surface area contributed by atoms with Crippen LogP contribution in [-0.2, 0) is 0 Å². The van der Waals surface area contributed by atoms with E-state index in [1.54, 1.807) is 0 Å². The number of nitrogens with one attached hydrogen (secondary N) is 1. The maximum atomic E-state index is 12.4. The third-order valence-electron chi connectivity index (χ3n) is 5.04. The number of likely N-dealkylation sites (tertiary alicyclic amines) is 1. The van der Waals surface area contributed by atoms with Crippen molar-refractivity contribution >= 4 is 11.7 Å². The molecule has 0 atom stereocenters. The predicted octanol–water partition coefficient (Wildman–Crippen LogP) is 3.32. The number of hydrogen-bond acceptors (Lipinski definition) is 2. The van der Waals surface area contributed by atoms with Crippen LogP contribution in [0.2, 0.25) is 0 Å². The quantitative estimate of drug-likeness (QED) is 0.897. The molecule has 1 aliphatic heterocycles. The van der Waals surface area contributed by atoms with Gasteiger partial charge in [-0.25, -0.2) is 4.79 Å². The molecule has 2 N–H and O–H groups in total. The van der Waals surface area contributed by atoms with Gasteiger partial charge in [0.2, 0.25) is 0 Å². The van der Waals surface area contributed by atoms with E-state index in [4.69, 9.17) is 0 Å². The highest BCUT2D eigenvalue weighted by Gasteiger charge is 2.33. The molecule has 0 spiro atoms. The van der Waals surface area contributed by atoms with Crippen LogP contribution in [0.5, 0.6) is 0 Å². The monoisotopic (exact) mass is 290 g/mol. The van der Waals surface area contributed by atoms with Gasteiger partial charge in [0, 0.05) is 25.4 Å². The molecule has 116 valence electrons. The van der Waals surface area contributed by atoms with Crippen LogP contribution in [0.3, 0.4) is 0 Å². The number of amides is 2. The van der Waals surface area contributed by atoms with Gasteiger partial charge in [0.1, 0.15) is 0 Å². The van der Waals surface area contributed by atoms with Crippen LogP contribution in [0.1, 0.15) is 37.3 Å². The second-order valence-corrected chi connectivity index (χ2v) is 6.18. The first-order valence-electron chi connectivity index (χ1n) is 7.74. The van der Waals surface area contributed by atoms with E-state index in [0.717, 1.165) is 30.5 Å². The number of aliphatic hydroxyl groups is 1. The lowest BCUT2D eigenvalue weighted by atomic mass is 9.77. The smallest absolute Gasteiger partial charge is 0.321 e. The number of carbonyl (C=O) groups is 1. The number of piperidine rings is 1. The van der Waals surface area contributed by atoms with Crippen LogP contribution in [0.15, 0.2) is 18.2 Å². The van der Waals surface area contributed by atoms with E-state index in [1.807, 2.05) is 36.9 Å². The number of urea groups is 1. The zero-order valence-corrected chi connectivity index (χ0v) is 13.3. The molecule has 4 heteroatoms. The summed E-state index contributed by atoms with van der Waals surface area (Å²) in [4.78, 5) is 14.2. The van der Waals surface area contributed by atoms with Crippen molar-refractivity contribution < 1.29 is 9.90 Å². The van der Waals surface area contributed by atoms with Crippen molar-refractivity contribution in [1.29, 1.82) is 0 Å². The molecule has 0 saturated carbocycles. The largest absolute Gasteiger partial charge is 0.396 e. The highest BCUT2D eigenvalue weighted by molar-refractivity contribution is 5.90. The molecule has 1 aromatic carbocycles. The van der Waals surface area contributed by atoms with Gasteiger partial charge in [0.05, 0.1) is 0 Å². The minimum Gasteiger partial charge on any atom is -0.396 e. The molecule has 2 rings (SSSR count). The number of rotatable bonds is 3. The van der Waals surface area contributed by atoms with Gasteiger partial charge >= 0.3 is 6.03 Å². The van der Waals surface area contributed by atoms with Crippen molar-refractivity contribution in [1.82, 2.24) is 4.90 Å². The highest BCUT2D eigenvalue weighted by atomic mass is 16.3. The summed E-state index contributed by atoms with van der Waals surface area (Å²) in [6.45, 7) is 7.83. The summed E-state index contributed by atoms with van der Waals surface area (Å²) in [5, 5.41) is 12.6. The van der Waals surface area contributed by atoms with Gasteiger partial charge in [0.15, 0.2) is 0 Å². The summed E-state index contributed by atoms with van der Waals surface area (Å²) in [7, 11) is 0. The van der Waals surface area contributed by atoms with Crippen molar-refractivity contribution in [3.05, 3.63) is 29.3 Å². The molecule has 21 heavy (non-hydrogen) atoms. The lowest BCUT2D eigenvalue weighted by molar-refractivity contribution is 0.0542. The Bertz CT molecular complexity index is 500. The Labute approximate surface area is 127 Å². The number of carbonyl (C=O) groups excluding carboxylic acids is 1. The van der Waals surface area contributed by atoms with Crippen LogP contribution in [-0.4, -0.2) is 35.7 Å². The molecule has 1 heterocycles. The third kappa shape index (κ3) is 3.38. The van der Waals surface area contributed by atoms with Crippen molar-refractivity contribution in [2.24, 2.45) is 5.41 Å². The van der Waals surface area contributed by atoms with Gasteiger partial charge in [-0.2, -0.15) is 0 Å². The molecule has 1 fully saturated rings. The number of nitrogens with zero attached hydrogens (tertiary/aromatic N) is 1. The van der Waals surface area contributed by atoms with Crippen LogP contribution >= 0.6 is 0 Å². The molecule has 0 radical (unpaired) electrons. The van der Waals surface area contributed by atoms with E-state index in [-0.39, 0.29) is 18.1 Å². The summed E-state index contributed by atoms with van der Waals surface area (Å²) in [5.74, 6) is 0. The maximum absolute atomic E-state index is 12.4. The molecule has 0 aliphatic carbocycles. The van der Waals surface area contributed by atoms with Gasteiger partial charge < -0.3 is 15.3 Å². The maximum Gasteiger partial charge on any atom is 0.321 e. The van der Waals surface area contributed by atoms with Crippen LogP contribution in [0.25, 0.3) is 0 Å². The molecule has 4 nitrogen and oxygen atoms in total. The Kier molecular flexibility index (Phi) is 4.88. The summed E-state index contributed by atoms with van der Waals surface area (Å²) in [6, 6.07) is 5.91. The standard InChI is InChI=1S/C17H26N2O2/c1-4-17(12-20)8-10-19(11-9-17)16(21)18-15-7-5-6-13(2)14(15)3/h5-7,20H,4,8-12H2,1-3H3,(H,18,21). The Hall–Kier alpha value is -1.55. The Balaban J connectivity index is 1.98. The zero-order valence-electron chi connectivity index (χ0n) is 13.3. The van der Waals surface area contributed by atoms with Gasteiger partial charge in [-0.05, 0) is 55.7 Å². The number of anilines is 1. The van der Waals surface area contributed by atoms with E-state index < -0.39 is 0 Å². The second kappa shape index (κ2) is 6.48. The fourth-order valence-corrected chi connectivity index (χ4v) is 2.89. The molecule has 1 aliphatic rings. The normalized spacial score (nSPS) is 17.6. The van der Waals surface area contributed by atoms with Crippen molar-refractivity contribution in [2.75, 3.05) is 25.0 Å². The highest BCUT2D eigenvalue weighted by Crippen LogP contribution is 2.34. The zero-order chi connectivity index (χ0) is 15.5. The fourth-order valence-electron chi connectivity index (χ4n) is 2.89. The van der Waals surface area contributed by atoms with Crippen molar-refractivity contribution in [2.45, 2.75) is 40.0 Å². The first kappa shape index (κ1) is 15.8. The fraction of sp³-hybridized carbons (Fsp3) is 0.588. The number of aryl methyl sites for hydroxylation is 1. The van der Waals surface area contributed by atoms with E-state index in [1.165, 1.54) is 5.56 Å². The van der Waals surface area contributed by atoms with Crippen molar-refractivity contribution in [3.63, 3.8) is 0 Å². The Morgan fingerprint density at radius 2 is 2.00 bits per heavy atom. The molecule has 0 unspecified atom stereocenters. The summed E-state index contributed by atoms with van der Waals surface area (Å²) >= 11 is 0. The summed E-state index contributed by atoms with van der Waals surface area (Å²) in [6.07, 6.45) is 2.72. The summed E-state index contributed by atoms with van der Waals surface area (Å²) in [5.41, 5.74) is 3.18. The third-order valence-corrected chi connectivity index (χ3v) is 5.04. The number of benzene rings is 1. The topological polar surface area (TPSA) is 52.6 Å². The van der Waals surface area contributed by atoms with E-state index in [2.05, 4.69) is 12.2 Å². The minimum absolute atomic E-state index is 0.00995. The molecule has 1 saturated heterocycles. The molecule has 0 aromatic heterocycles. The molecular formula is C17H26N2O2. The average Bonchev–Trinajstić information content (AvgIpc) is 2.52. The van der Waals surface area contributed by atoms with Crippen LogP contribution < -0.4 is 5.32 Å². The lowest BCUT2D eigenvalue weighted by Gasteiger charge is -2.40. The van der Waals surface area contributed by atoms with Gasteiger partial charge in [-0.1, -0.05) is 19.1 Å². The Morgan fingerprint density at radius 3 is 2.57 bits per heavy atom. The minimum atomic E-state index is -0.0358. The number of aliphatic hydroxyl groups excluding tert-OH is 1. The number of hydrogen-bond donors (Lipinski definition) is 2. The van der Waals surface area contributed by atoms with Crippen molar-refractivity contribution in [3.8, 4) is 0 Å². The van der Waals surface area contributed by atoms with Gasteiger partial charge in [0.25, 0.3) is 0 Å². The first-order chi connectivity index (χ1) is 10.0. The van der Waals surface area contributed by atoms with E-state index >= 15 is 0 Å².